The number of aromatic nitrogens is 2. The second-order valence-corrected chi connectivity index (χ2v) is 8.27. The summed E-state index contributed by atoms with van der Waals surface area (Å²) in [7, 11) is 4.06. The summed E-state index contributed by atoms with van der Waals surface area (Å²) < 4.78 is 0. The first-order valence-corrected chi connectivity index (χ1v) is 10.1. The number of carbonyl (C=O) groups excluding carboxylic acids is 1. The number of amides is 1. The summed E-state index contributed by atoms with van der Waals surface area (Å²) in [5.41, 5.74) is 2.54. The molecule has 2 aromatic rings. The van der Waals surface area contributed by atoms with Crippen LogP contribution in [0.2, 0.25) is 0 Å². The van der Waals surface area contributed by atoms with E-state index in [1.807, 2.05) is 14.1 Å². The number of rotatable bonds is 7. The molecule has 0 unspecified atom stereocenters. The third-order valence-electron chi connectivity index (χ3n) is 4.59. The van der Waals surface area contributed by atoms with Crippen molar-refractivity contribution < 1.29 is 4.79 Å². The maximum absolute atomic E-state index is 12.3. The van der Waals surface area contributed by atoms with E-state index in [1.54, 1.807) is 0 Å². The fourth-order valence-corrected chi connectivity index (χ4v) is 3.82. The van der Waals surface area contributed by atoms with E-state index in [0.717, 1.165) is 44.2 Å². The number of aryl methyl sites for hydroxylation is 1. The van der Waals surface area contributed by atoms with Gasteiger partial charge in [0.05, 0.1) is 6.54 Å². The average Bonchev–Trinajstić information content (AvgIpc) is 3.08. The molecule has 3 rings (SSSR count). The van der Waals surface area contributed by atoms with Gasteiger partial charge >= 0.3 is 0 Å². The third kappa shape index (κ3) is 5.98. The van der Waals surface area contributed by atoms with E-state index in [1.165, 1.54) is 22.6 Å². The summed E-state index contributed by atoms with van der Waals surface area (Å²) in [6.07, 6.45) is 0.849. The normalized spacial score (nSPS) is 15.3. The van der Waals surface area contributed by atoms with Crippen LogP contribution in [-0.2, 0) is 11.2 Å². The molecule has 1 aromatic carbocycles. The highest BCUT2D eigenvalue weighted by atomic mass is 32.1. The van der Waals surface area contributed by atoms with Gasteiger partial charge in [0, 0.05) is 44.8 Å². The number of hydrogen-bond donors (Lipinski definition) is 1. The molecule has 1 saturated heterocycles. The molecule has 0 bridgehead atoms. The molecule has 0 radical (unpaired) electrons. The maximum Gasteiger partial charge on any atom is 0.240 e. The van der Waals surface area contributed by atoms with Gasteiger partial charge in [-0.25, -0.2) is 0 Å². The topological polar surface area (TPSA) is 64.6 Å². The highest BCUT2D eigenvalue weighted by Crippen LogP contribution is 2.18. The summed E-state index contributed by atoms with van der Waals surface area (Å²) in [4.78, 5) is 19.0. The lowest BCUT2D eigenvalue weighted by atomic mass is 10.2. The van der Waals surface area contributed by atoms with Crippen molar-refractivity contribution in [1.82, 2.24) is 20.0 Å². The zero-order valence-electron chi connectivity index (χ0n) is 16.3. The number of nitrogens with zero attached hydrogens (tertiary/aromatic N) is 5. The Morgan fingerprint density at radius 1 is 1.22 bits per heavy atom. The molecule has 0 spiro atoms. The smallest absolute Gasteiger partial charge is 0.240 e. The molecule has 8 heteroatoms. The fraction of sp³-hybridized carbons (Fsp3) is 0.526. The molecular formula is C19H28N6OS. The van der Waals surface area contributed by atoms with Crippen molar-refractivity contribution in [3.63, 3.8) is 0 Å². The molecular weight excluding hydrogens is 360 g/mol. The Balaban J connectivity index is 1.43. The Kier molecular flexibility index (Phi) is 6.76. The number of nitrogens with one attached hydrogen (secondary N) is 1. The van der Waals surface area contributed by atoms with E-state index in [9.17, 15) is 4.79 Å². The molecule has 1 aliphatic heterocycles. The van der Waals surface area contributed by atoms with Crippen molar-refractivity contribution in [2.45, 2.75) is 13.3 Å². The first kappa shape index (κ1) is 19.7. The van der Waals surface area contributed by atoms with Gasteiger partial charge in [-0.05, 0) is 38.7 Å². The van der Waals surface area contributed by atoms with Crippen molar-refractivity contribution in [2.24, 2.45) is 0 Å². The van der Waals surface area contributed by atoms with E-state index >= 15 is 0 Å². The molecule has 1 amide bonds. The lowest BCUT2D eigenvalue weighted by Gasteiger charge is -2.35. The number of piperazine rings is 1. The van der Waals surface area contributed by atoms with Crippen LogP contribution >= 0.6 is 11.3 Å². The Morgan fingerprint density at radius 3 is 2.70 bits per heavy atom. The minimum absolute atomic E-state index is 0.0192. The lowest BCUT2D eigenvalue weighted by Crippen LogP contribution is -2.48. The van der Waals surface area contributed by atoms with Crippen LogP contribution in [0.1, 0.15) is 10.6 Å². The maximum atomic E-state index is 12.3. The second-order valence-electron chi connectivity index (χ2n) is 7.20. The van der Waals surface area contributed by atoms with Crippen molar-refractivity contribution in [3.8, 4) is 0 Å². The summed E-state index contributed by atoms with van der Waals surface area (Å²) in [6.45, 7) is 7.07. The molecule has 0 saturated carbocycles. The largest absolute Gasteiger partial charge is 0.369 e. The average molecular weight is 389 g/mol. The van der Waals surface area contributed by atoms with Gasteiger partial charge < -0.3 is 9.80 Å². The fourth-order valence-electron chi connectivity index (χ4n) is 3.08. The van der Waals surface area contributed by atoms with Gasteiger partial charge in [-0.1, -0.05) is 23.5 Å². The van der Waals surface area contributed by atoms with Gasteiger partial charge in [0.2, 0.25) is 11.0 Å². The molecule has 0 atom stereocenters. The van der Waals surface area contributed by atoms with Gasteiger partial charge in [-0.2, -0.15) is 0 Å². The van der Waals surface area contributed by atoms with Crippen LogP contribution in [0.15, 0.2) is 24.3 Å². The van der Waals surface area contributed by atoms with E-state index in [2.05, 4.69) is 61.4 Å². The highest BCUT2D eigenvalue weighted by molar-refractivity contribution is 7.15. The second kappa shape index (κ2) is 9.25. The van der Waals surface area contributed by atoms with Crippen molar-refractivity contribution >= 4 is 28.1 Å². The Morgan fingerprint density at radius 2 is 2.00 bits per heavy atom. The number of carbonyl (C=O) groups is 1. The first-order chi connectivity index (χ1) is 13.0. The van der Waals surface area contributed by atoms with Crippen LogP contribution in [0.25, 0.3) is 0 Å². The minimum Gasteiger partial charge on any atom is -0.369 e. The van der Waals surface area contributed by atoms with Crippen LogP contribution in [0.3, 0.4) is 0 Å². The Labute approximate surface area is 165 Å². The zero-order valence-corrected chi connectivity index (χ0v) is 17.1. The summed E-state index contributed by atoms with van der Waals surface area (Å²) in [5, 5.41) is 12.6. The van der Waals surface area contributed by atoms with Crippen LogP contribution in [0.5, 0.6) is 0 Å². The number of likely N-dealkylation sites (N-methyl/N-ethyl adjacent to an activating group) is 1. The van der Waals surface area contributed by atoms with E-state index in [0.29, 0.717) is 11.7 Å². The Hall–Kier alpha value is -2.03. The molecule has 27 heavy (non-hydrogen) atoms. The monoisotopic (exact) mass is 388 g/mol. The van der Waals surface area contributed by atoms with Gasteiger partial charge in [0.15, 0.2) is 0 Å². The summed E-state index contributed by atoms with van der Waals surface area (Å²) in [5.74, 6) is -0.0192. The Bertz CT molecular complexity index is 754. The van der Waals surface area contributed by atoms with Crippen LogP contribution in [-0.4, -0.2) is 79.3 Å². The van der Waals surface area contributed by atoms with Crippen molar-refractivity contribution in [1.29, 1.82) is 0 Å². The highest BCUT2D eigenvalue weighted by Gasteiger charge is 2.20. The van der Waals surface area contributed by atoms with Gasteiger partial charge in [-0.15, -0.1) is 10.2 Å². The van der Waals surface area contributed by atoms with Crippen molar-refractivity contribution in [2.75, 3.05) is 63.6 Å². The van der Waals surface area contributed by atoms with Crippen LogP contribution < -0.4 is 10.2 Å². The predicted molar refractivity (Wildman–Crippen MR) is 111 cm³/mol. The summed E-state index contributed by atoms with van der Waals surface area (Å²) >= 11 is 1.46. The molecule has 1 aromatic heterocycles. The van der Waals surface area contributed by atoms with E-state index in [4.69, 9.17) is 0 Å². The van der Waals surface area contributed by atoms with Crippen LogP contribution in [0, 0.1) is 6.92 Å². The van der Waals surface area contributed by atoms with Gasteiger partial charge in [0.1, 0.15) is 5.01 Å². The molecule has 1 aliphatic rings. The SMILES string of the molecule is Cc1cccc(N2CCN(CC(=O)Nc3nnc(CCN(C)C)s3)CC2)c1. The third-order valence-corrected chi connectivity index (χ3v) is 5.49. The molecule has 0 aliphatic carbocycles. The predicted octanol–water partition coefficient (Wildman–Crippen LogP) is 1.71. The number of anilines is 2. The van der Waals surface area contributed by atoms with E-state index < -0.39 is 0 Å². The number of benzene rings is 1. The van der Waals surface area contributed by atoms with Gasteiger partial charge in [0.25, 0.3) is 0 Å². The van der Waals surface area contributed by atoms with E-state index in [-0.39, 0.29) is 5.91 Å². The van der Waals surface area contributed by atoms with Gasteiger partial charge in [-0.3, -0.25) is 15.0 Å². The first-order valence-electron chi connectivity index (χ1n) is 9.30. The molecule has 7 nitrogen and oxygen atoms in total. The molecule has 2 heterocycles. The summed E-state index contributed by atoms with van der Waals surface area (Å²) in [6, 6.07) is 8.58. The quantitative estimate of drug-likeness (QED) is 0.779. The van der Waals surface area contributed by atoms with Crippen molar-refractivity contribution in [3.05, 3.63) is 34.8 Å². The zero-order chi connectivity index (χ0) is 19.2. The number of hydrogen-bond acceptors (Lipinski definition) is 7. The standard InChI is InChI=1S/C19H28N6OS/c1-15-5-4-6-16(13-15)25-11-9-24(10-12-25)14-17(26)20-19-22-21-18(27-19)7-8-23(2)3/h4-6,13H,7-12,14H2,1-3H3,(H,20,22,26). The molecule has 1 N–H and O–H groups in total. The lowest BCUT2D eigenvalue weighted by molar-refractivity contribution is -0.117. The minimum atomic E-state index is -0.0192. The molecule has 146 valence electrons. The molecule has 1 fully saturated rings. The van der Waals surface area contributed by atoms with Crippen LogP contribution in [0.4, 0.5) is 10.8 Å².